The highest BCUT2D eigenvalue weighted by atomic mass is 16.5. The van der Waals surface area contributed by atoms with E-state index in [4.69, 9.17) is 14.2 Å². The van der Waals surface area contributed by atoms with E-state index >= 15 is 0 Å². The third-order valence-corrected chi connectivity index (χ3v) is 6.51. The molecule has 0 saturated carbocycles. The first-order chi connectivity index (χ1) is 14.1. The fourth-order valence-electron chi connectivity index (χ4n) is 5.16. The van der Waals surface area contributed by atoms with Crippen LogP contribution in [-0.4, -0.2) is 73.3 Å². The maximum absolute atomic E-state index is 13.4. The summed E-state index contributed by atoms with van der Waals surface area (Å²) in [4.78, 5) is 30.4. The van der Waals surface area contributed by atoms with Crippen molar-refractivity contribution in [2.75, 3.05) is 40.0 Å². The SMILES string of the molecule is COc1cccc(CN2C[C@@]34C=C[C@@H](O3)C(C(=O)N3CCCOCC3)C4C2=O)c1. The molecule has 2 unspecified atom stereocenters. The van der Waals surface area contributed by atoms with Crippen LogP contribution in [0.15, 0.2) is 36.4 Å². The van der Waals surface area contributed by atoms with Gasteiger partial charge in [0.25, 0.3) is 0 Å². The predicted molar refractivity (Wildman–Crippen MR) is 104 cm³/mol. The first kappa shape index (κ1) is 18.6. The Morgan fingerprint density at radius 1 is 1.31 bits per heavy atom. The molecule has 1 spiro atoms. The third kappa shape index (κ3) is 3.04. The number of hydrogen-bond donors (Lipinski definition) is 0. The van der Waals surface area contributed by atoms with Gasteiger partial charge in [0, 0.05) is 26.2 Å². The number of rotatable bonds is 4. The van der Waals surface area contributed by atoms with Crippen LogP contribution in [0.5, 0.6) is 5.75 Å². The third-order valence-electron chi connectivity index (χ3n) is 6.51. The summed E-state index contributed by atoms with van der Waals surface area (Å²) < 4.78 is 17.0. The van der Waals surface area contributed by atoms with Crippen LogP contribution in [-0.2, 0) is 25.6 Å². The Kier molecular flexibility index (Phi) is 4.59. The number of ether oxygens (including phenoxy) is 3. The summed E-state index contributed by atoms with van der Waals surface area (Å²) in [5.41, 5.74) is 0.323. The Hall–Kier alpha value is -2.38. The lowest BCUT2D eigenvalue weighted by Crippen LogP contribution is -2.46. The van der Waals surface area contributed by atoms with Crippen molar-refractivity contribution in [1.82, 2.24) is 9.80 Å². The van der Waals surface area contributed by atoms with Crippen molar-refractivity contribution >= 4 is 11.8 Å². The van der Waals surface area contributed by atoms with Crippen LogP contribution in [0.4, 0.5) is 0 Å². The zero-order chi connectivity index (χ0) is 20.0. The molecule has 29 heavy (non-hydrogen) atoms. The standard InChI is InChI=1S/C22H26N2O5/c1-27-16-5-2-4-15(12-16)13-24-14-22-7-6-17(29-22)18(19(22)21(24)26)20(25)23-8-3-10-28-11-9-23/h2,4-7,12,17-19H,3,8-11,13-14H2,1H3/t17-,18?,19?,22-/m1/s1. The molecule has 0 aliphatic carbocycles. The van der Waals surface area contributed by atoms with Crippen LogP contribution in [0.25, 0.3) is 0 Å². The van der Waals surface area contributed by atoms with Gasteiger partial charge < -0.3 is 24.0 Å². The molecular weight excluding hydrogens is 372 g/mol. The van der Waals surface area contributed by atoms with Crippen LogP contribution in [0.3, 0.4) is 0 Å². The summed E-state index contributed by atoms with van der Waals surface area (Å²) in [5, 5.41) is 0. The molecule has 4 aliphatic rings. The number of likely N-dealkylation sites (tertiary alicyclic amines) is 1. The molecule has 4 atom stereocenters. The predicted octanol–water partition coefficient (Wildman–Crippen LogP) is 1.23. The van der Waals surface area contributed by atoms with Crippen molar-refractivity contribution in [3.63, 3.8) is 0 Å². The molecule has 3 saturated heterocycles. The monoisotopic (exact) mass is 398 g/mol. The topological polar surface area (TPSA) is 68.3 Å². The van der Waals surface area contributed by atoms with E-state index in [0.717, 1.165) is 17.7 Å². The highest BCUT2D eigenvalue weighted by Crippen LogP contribution is 2.52. The second-order valence-electron chi connectivity index (χ2n) is 8.24. The van der Waals surface area contributed by atoms with E-state index < -0.39 is 17.4 Å². The molecule has 7 nitrogen and oxygen atoms in total. The van der Waals surface area contributed by atoms with E-state index in [-0.39, 0.29) is 17.9 Å². The highest BCUT2D eigenvalue weighted by molar-refractivity contribution is 5.93. The molecular formula is C22H26N2O5. The van der Waals surface area contributed by atoms with Gasteiger partial charge in [0.15, 0.2) is 0 Å². The summed E-state index contributed by atoms with van der Waals surface area (Å²) in [5.74, 6) is -0.0981. The van der Waals surface area contributed by atoms with E-state index in [9.17, 15) is 9.59 Å². The first-order valence-electron chi connectivity index (χ1n) is 10.3. The zero-order valence-corrected chi connectivity index (χ0v) is 16.6. The number of nitrogens with zero attached hydrogens (tertiary/aromatic N) is 2. The van der Waals surface area contributed by atoms with E-state index in [1.54, 1.807) is 7.11 Å². The van der Waals surface area contributed by atoms with Gasteiger partial charge in [0.05, 0.1) is 38.2 Å². The Morgan fingerprint density at radius 3 is 3.07 bits per heavy atom. The Labute approximate surface area is 170 Å². The Balaban J connectivity index is 1.37. The van der Waals surface area contributed by atoms with Crippen molar-refractivity contribution in [3.05, 3.63) is 42.0 Å². The second kappa shape index (κ2) is 7.15. The van der Waals surface area contributed by atoms with Crippen molar-refractivity contribution in [3.8, 4) is 5.75 Å². The van der Waals surface area contributed by atoms with Gasteiger partial charge in [-0.3, -0.25) is 9.59 Å². The minimum Gasteiger partial charge on any atom is -0.497 e. The van der Waals surface area contributed by atoms with Gasteiger partial charge >= 0.3 is 0 Å². The molecule has 2 amide bonds. The van der Waals surface area contributed by atoms with E-state index in [1.165, 1.54) is 0 Å². The average Bonchev–Trinajstić information content (AvgIpc) is 3.26. The molecule has 7 heteroatoms. The van der Waals surface area contributed by atoms with Crippen LogP contribution in [0.1, 0.15) is 12.0 Å². The van der Waals surface area contributed by atoms with E-state index in [1.807, 2.05) is 46.2 Å². The van der Waals surface area contributed by atoms with Crippen molar-refractivity contribution in [2.24, 2.45) is 11.8 Å². The van der Waals surface area contributed by atoms with E-state index in [0.29, 0.717) is 39.4 Å². The van der Waals surface area contributed by atoms with Gasteiger partial charge in [0.2, 0.25) is 11.8 Å². The lowest BCUT2D eigenvalue weighted by atomic mass is 9.76. The molecule has 4 heterocycles. The maximum atomic E-state index is 13.4. The largest absolute Gasteiger partial charge is 0.497 e. The summed E-state index contributed by atoms with van der Waals surface area (Å²) in [7, 11) is 1.63. The molecule has 3 fully saturated rings. The molecule has 4 aliphatic heterocycles. The minimum absolute atomic E-state index is 0.00379. The summed E-state index contributed by atoms with van der Waals surface area (Å²) in [6.45, 7) is 3.43. The number of methoxy groups -OCH3 is 1. The minimum atomic E-state index is -0.677. The van der Waals surface area contributed by atoms with Gasteiger partial charge in [0.1, 0.15) is 11.4 Å². The van der Waals surface area contributed by atoms with Crippen molar-refractivity contribution < 1.29 is 23.8 Å². The number of amides is 2. The number of benzene rings is 1. The number of hydrogen-bond acceptors (Lipinski definition) is 5. The van der Waals surface area contributed by atoms with Gasteiger partial charge in [-0.15, -0.1) is 0 Å². The molecule has 0 N–H and O–H groups in total. The van der Waals surface area contributed by atoms with Crippen LogP contribution < -0.4 is 4.74 Å². The maximum Gasteiger partial charge on any atom is 0.230 e. The second-order valence-corrected chi connectivity index (χ2v) is 8.24. The lowest BCUT2D eigenvalue weighted by Gasteiger charge is -2.29. The molecule has 154 valence electrons. The van der Waals surface area contributed by atoms with Gasteiger partial charge in [-0.05, 0) is 24.1 Å². The van der Waals surface area contributed by atoms with Gasteiger partial charge in [-0.2, -0.15) is 0 Å². The quantitative estimate of drug-likeness (QED) is 0.714. The number of carbonyl (C=O) groups excluding carboxylic acids is 2. The van der Waals surface area contributed by atoms with Gasteiger partial charge in [-0.1, -0.05) is 24.3 Å². The molecule has 0 radical (unpaired) electrons. The Bertz CT molecular complexity index is 847. The number of fused-ring (bicyclic) bond motifs is 1. The fraction of sp³-hybridized carbons (Fsp3) is 0.545. The van der Waals surface area contributed by atoms with Gasteiger partial charge in [-0.25, -0.2) is 0 Å². The first-order valence-corrected chi connectivity index (χ1v) is 10.3. The average molecular weight is 398 g/mol. The molecule has 1 aromatic carbocycles. The molecule has 2 bridgehead atoms. The normalized spacial score (nSPS) is 33.1. The Morgan fingerprint density at radius 2 is 2.21 bits per heavy atom. The summed E-state index contributed by atoms with van der Waals surface area (Å²) in [6.07, 6.45) is 4.49. The van der Waals surface area contributed by atoms with Crippen molar-refractivity contribution in [2.45, 2.75) is 24.7 Å². The molecule has 1 aromatic rings. The van der Waals surface area contributed by atoms with Crippen LogP contribution >= 0.6 is 0 Å². The van der Waals surface area contributed by atoms with Crippen molar-refractivity contribution in [1.29, 1.82) is 0 Å². The summed E-state index contributed by atoms with van der Waals surface area (Å²) in [6, 6.07) is 7.72. The highest BCUT2D eigenvalue weighted by Gasteiger charge is 2.67. The lowest BCUT2D eigenvalue weighted by molar-refractivity contribution is -0.143. The number of carbonyl (C=O) groups is 2. The molecule has 0 aromatic heterocycles. The zero-order valence-electron chi connectivity index (χ0n) is 16.6. The van der Waals surface area contributed by atoms with E-state index in [2.05, 4.69) is 0 Å². The fourth-order valence-corrected chi connectivity index (χ4v) is 5.16. The summed E-state index contributed by atoms with van der Waals surface area (Å²) >= 11 is 0. The molecule has 5 rings (SSSR count). The van der Waals surface area contributed by atoms with Crippen LogP contribution in [0.2, 0.25) is 0 Å². The van der Waals surface area contributed by atoms with Crippen LogP contribution in [0, 0.1) is 11.8 Å². The smallest absolute Gasteiger partial charge is 0.230 e.